The van der Waals surface area contributed by atoms with E-state index in [0.717, 1.165) is 15.2 Å². The predicted molar refractivity (Wildman–Crippen MR) is 82.4 cm³/mol. The first-order valence-electron chi connectivity index (χ1n) is 5.85. The Labute approximate surface area is 119 Å². The fraction of sp³-hybridized carbons (Fsp3) is 0.0714. The van der Waals surface area contributed by atoms with Crippen molar-refractivity contribution in [3.8, 4) is 5.75 Å². The van der Waals surface area contributed by atoms with Gasteiger partial charge in [-0.25, -0.2) is 0 Å². The minimum Gasteiger partial charge on any atom is -0.508 e. The molecule has 1 heterocycles. The molecule has 0 aliphatic rings. The first kappa shape index (κ1) is 12.2. The summed E-state index contributed by atoms with van der Waals surface area (Å²) in [6.45, 7) is 0.590. The SMILES string of the molecule is Oc1cccc(NCn2c(=S)sc3ccccc32)c1. The summed E-state index contributed by atoms with van der Waals surface area (Å²) in [4.78, 5) is 0. The van der Waals surface area contributed by atoms with Gasteiger partial charge >= 0.3 is 0 Å². The number of aromatic nitrogens is 1. The summed E-state index contributed by atoms with van der Waals surface area (Å²) >= 11 is 6.99. The number of benzene rings is 2. The van der Waals surface area contributed by atoms with Crippen LogP contribution in [0, 0.1) is 3.95 Å². The van der Waals surface area contributed by atoms with Crippen LogP contribution in [0.1, 0.15) is 0 Å². The number of phenolic OH excluding ortho intramolecular Hbond substituents is 1. The summed E-state index contributed by atoms with van der Waals surface area (Å²) in [5, 5.41) is 12.7. The minimum atomic E-state index is 0.253. The zero-order valence-corrected chi connectivity index (χ0v) is 11.7. The van der Waals surface area contributed by atoms with Crippen molar-refractivity contribution < 1.29 is 5.11 Å². The molecule has 3 rings (SSSR count). The van der Waals surface area contributed by atoms with Crippen LogP contribution in [0.3, 0.4) is 0 Å². The number of hydrogen-bond acceptors (Lipinski definition) is 4. The molecule has 3 aromatic rings. The number of aromatic hydroxyl groups is 1. The Morgan fingerprint density at radius 3 is 2.84 bits per heavy atom. The Balaban J connectivity index is 1.90. The van der Waals surface area contributed by atoms with E-state index in [2.05, 4.69) is 22.0 Å². The molecule has 5 heteroatoms. The van der Waals surface area contributed by atoms with Crippen LogP contribution in [-0.4, -0.2) is 9.67 Å². The second-order valence-electron chi connectivity index (χ2n) is 4.15. The molecule has 0 aliphatic heterocycles. The van der Waals surface area contributed by atoms with E-state index in [1.807, 2.05) is 24.3 Å². The normalized spacial score (nSPS) is 10.7. The topological polar surface area (TPSA) is 37.2 Å². The molecule has 0 amide bonds. The third-order valence-corrected chi connectivity index (χ3v) is 4.29. The molecule has 0 aliphatic carbocycles. The zero-order chi connectivity index (χ0) is 13.2. The number of hydrogen-bond donors (Lipinski definition) is 2. The van der Waals surface area contributed by atoms with Crippen LogP contribution >= 0.6 is 23.6 Å². The highest BCUT2D eigenvalue weighted by Gasteiger charge is 2.03. The molecule has 2 N–H and O–H groups in total. The molecule has 0 saturated carbocycles. The summed E-state index contributed by atoms with van der Waals surface area (Å²) in [5.41, 5.74) is 2.00. The fourth-order valence-electron chi connectivity index (χ4n) is 1.95. The molecule has 0 radical (unpaired) electrons. The number of anilines is 1. The van der Waals surface area contributed by atoms with Gasteiger partial charge in [-0.1, -0.05) is 18.2 Å². The summed E-state index contributed by atoms with van der Waals surface area (Å²) < 4.78 is 4.08. The molecule has 1 aromatic heterocycles. The maximum atomic E-state index is 9.43. The molecule has 0 spiro atoms. The smallest absolute Gasteiger partial charge is 0.163 e. The molecule has 96 valence electrons. The highest BCUT2D eigenvalue weighted by atomic mass is 32.1. The van der Waals surface area contributed by atoms with Gasteiger partial charge in [0, 0.05) is 11.8 Å². The largest absolute Gasteiger partial charge is 0.508 e. The van der Waals surface area contributed by atoms with Crippen LogP contribution in [0.2, 0.25) is 0 Å². The Morgan fingerprint density at radius 2 is 2.00 bits per heavy atom. The van der Waals surface area contributed by atoms with E-state index < -0.39 is 0 Å². The second-order valence-corrected chi connectivity index (χ2v) is 5.82. The molecular formula is C14H12N2OS2. The summed E-state index contributed by atoms with van der Waals surface area (Å²) in [6.07, 6.45) is 0. The number of phenols is 1. The van der Waals surface area contributed by atoms with Crippen molar-refractivity contribution in [3.05, 3.63) is 52.5 Å². The number of para-hydroxylation sites is 1. The van der Waals surface area contributed by atoms with Crippen molar-refractivity contribution >= 4 is 39.5 Å². The van der Waals surface area contributed by atoms with E-state index in [9.17, 15) is 5.11 Å². The average Bonchev–Trinajstić information content (AvgIpc) is 2.72. The first-order valence-corrected chi connectivity index (χ1v) is 7.08. The van der Waals surface area contributed by atoms with Gasteiger partial charge in [-0.05, 0) is 36.5 Å². The van der Waals surface area contributed by atoms with Crippen LogP contribution < -0.4 is 5.32 Å². The lowest BCUT2D eigenvalue weighted by Crippen LogP contribution is -2.07. The van der Waals surface area contributed by atoms with Gasteiger partial charge in [0.25, 0.3) is 0 Å². The van der Waals surface area contributed by atoms with E-state index in [4.69, 9.17) is 12.2 Å². The highest BCUT2D eigenvalue weighted by Crippen LogP contribution is 2.23. The van der Waals surface area contributed by atoms with E-state index in [0.29, 0.717) is 6.67 Å². The first-order chi connectivity index (χ1) is 9.24. The van der Waals surface area contributed by atoms with Gasteiger partial charge in [-0.3, -0.25) is 0 Å². The van der Waals surface area contributed by atoms with Gasteiger partial charge in [-0.15, -0.1) is 11.3 Å². The average molecular weight is 288 g/mol. The van der Waals surface area contributed by atoms with Crippen molar-refractivity contribution in [2.45, 2.75) is 6.67 Å². The van der Waals surface area contributed by atoms with Crippen molar-refractivity contribution in [3.63, 3.8) is 0 Å². The lowest BCUT2D eigenvalue weighted by Gasteiger charge is -2.08. The zero-order valence-electron chi connectivity index (χ0n) is 10.0. The lowest BCUT2D eigenvalue weighted by molar-refractivity contribution is 0.475. The van der Waals surface area contributed by atoms with Crippen LogP contribution in [-0.2, 0) is 6.67 Å². The summed E-state index contributed by atoms with van der Waals surface area (Å²) in [6, 6.07) is 15.2. The molecular weight excluding hydrogens is 276 g/mol. The minimum absolute atomic E-state index is 0.253. The van der Waals surface area contributed by atoms with Crippen LogP contribution in [0.5, 0.6) is 5.75 Å². The summed E-state index contributed by atoms with van der Waals surface area (Å²) in [5.74, 6) is 0.253. The number of fused-ring (bicyclic) bond motifs is 1. The number of rotatable bonds is 3. The Morgan fingerprint density at radius 1 is 1.16 bits per heavy atom. The van der Waals surface area contributed by atoms with Crippen molar-refractivity contribution in [2.75, 3.05) is 5.32 Å². The molecule has 0 fully saturated rings. The van der Waals surface area contributed by atoms with E-state index in [-0.39, 0.29) is 5.75 Å². The van der Waals surface area contributed by atoms with Gasteiger partial charge in [-0.2, -0.15) is 0 Å². The van der Waals surface area contributed by atoms with Crippen molar-refractivity contribution in [1.82, 2.24) is 4.57 Å². The van der Waals surface area contributed by atoms with Crippen LogP contribution in [0.25, 0.3) is 10.2 Å². The third-order valence-electron chi connectivity index (χ3n) is 2.86. The standard InChI is InChI=1S/C14H12N2OS2/c17-11-5-3-4-10(8-11)15-9-16-12-6-1-2-7-13(12)19-14(16)18/h1-8,15,17H,9H2. The number of nitrogens with zero attached hydrogens (tertiary/aromatic N) is 1. The monoisotopic (exact) mass is 288 g/mol. The van der Waals surface area contributed by atoms with Gasteiger partial charge in [0.1, 0.15) is 5.75 Å². The molecule has 0 bridgehead atoms. The Kier molecular flexibility index (Phi) is 3.23. The fourth-order valence-corrected chi connectivity index (χ4v) is 3.27. The highest BCUT2D eigenvalue weighted by molar-refractivity contribution is 7.73. The quantitative estimate of drug-likeness (QED) is 0.709. The van der Waals surface area contributed by atoms with Gasteiger partial charge in [0.2, 0.25) is 0 Å². The van der Waals surface area contributed by atoms with Crippen LogP contribution in [0.15, 0.2) is 48.5 Å². The Bertz CT molecular complexity index is 776. The predicted octanol–water partition coefficient (Wildman–Crippen LogP) is 4.21. The van der Waals surface area contributed by atoms with Crippen molar-refractivity contribution in [2.24, 2.45) is 0 Å². The van der Waals surface area contributed by atoms with Gasteiger partial charge in [0.15, 0.2) is 3.95 Å². The van der Waals surface area contributed by atoms with Crippen LogP contribution in [0.4, 0.5) is 5.69 Å². The molecule has 2 aromatic carbocycles. The van der Waals surface area contributed by atoms with Gasteiger partial charge in [0.05, 0.1) is 16.9 Å². The van der Waals surface area contributed by atoms with E-state index >= 15 is 0 Å². The molecule has 19 heavy (non-hydrogen) atoms. The second kappa shape index (κ2) is 5.03. The molecule has 0 saturated heterocycles. The Hall–Kier alpha value is -1.85. The lowest BCUT2D eigenvalue weighted by atomic mass is 10.3. The number of nitrogens with one attached hydrogen (secondary N) is 1. The van der Waals surface area contributed by atoms with E-state index in [1.165, 1.54) is 4.70 Å². The molecule has 3 nitrogen and oxygen atoms in total. The molecule has 0 atom stereocenters. The number of thiazole rings is 1. The maximum absolute atomic E-state index is 9.43. The third kappa shape index (κ3) is 2.47. The summed E-state index contributed by atoms with van der Waals surface area (Å²) in [7, 11) is 0. The van der Waals surface area contributed by atoms with Gasteiger partial charge < -0.3 is 15.0 Å². The maximum Gasteiger partial charge on any atom is 0.163 e. The van der Waals surface area contributed by atoms with Crippen molar-refractivity contribution in [1.29, 1.82) is 0 Å². The molecule has 0 unspecified atom stereocenters. The van der Waals surface area contributed by atoms with E-state index in [1.54, 1.807) is 23.5 Å².